The minimum atomic E-state index is 0.120. The van der Waals surface area contributed by atoms with Crippen LogP contribution in [0.25, 0.3) is 0 Å². The molecule has 0 saturated heterocycles. The van der Waals surface area contributed by atoms with Gasteiger partial charge in [-0.3, -0.25) is 0 Å². The molecule has 5 nitrogen and oxygen atoms in total. The molecule has 0 bridgehead atoms. The number of fused-ring (bicyclic) bond motifs is 1. The number of nitrogens with two attached hydrogens (primary N) is 1. The van der Waals surface area contributed by atoms with Crippen LogP contribution in [-0.2, 0) is 13.2 Å². The van der Waals surface area contributed by atoms with Crippen LogP contribution in [-0.4, -0.2) is 12.6 Å². The molecule has 29 heavy (non-hydrogen) atoms. The van der Waals surface area contributed by atoms with E-state index in [2.05, 4.69) is 28.5 Å². The zero-order valence-corrected chi connectivity index (χ0v) is 16.3. The number of nitrogens with one attached hydrogen (secondary N) is 1. The zero-order valence-electron chi connectivity index (χ0n) is 16.3. The average molecular weight is 387 g/mol. The molecule has 0 amide bonds. The molecule has 1 aliphatic rings. The van der Waals surface area contributed by atoms with Crippen LogP contribution >= 0.6 is 0 Å². The molecule has 1 atom stereocenters. The van der Waals surface area contributed by atoms with Crippen molar-refractivity contribution in [2.75, 3.05) is 6.61 Å². The average Bonchev–Trinajstić information content (AvgIpc) is 2.78. The van der Waals surface area contributed by atoms with Gasteiger partial charge in [0.15, 0.2) is 5.96 Å². The lowest BCUT2D eigenvalue weighted by Crippen LogP contribution is -2.37. The SMILES string of the molecule is NC(=NCc1cccc(COc2ccccc2)c1)NC1CCOc2ccccc21. The van der Waals surface area contributed by atoms with E-state index in [1.54, 1.807) is 0 Å². The maximum Gasteiger partial charge on any atom is 0.189 e. The second-order valence-electron chi connectivity index (χ2n) is 7.00. The molecule has 3 N–H and O–H groups in total. The third-order valence-electron chi connectivity index (χ3n) is 4.85. The van der Waals surface area contributed by atoms with Crippen molar-refractivity contribution in [3.63, 3.8) is 0 Å². The van der Waals surface area contributed by atoms with E-state index in [0.717, 1.165) is 34.6 Å². The first-order valence-electron chi connectivity index (χ1n) is 9.82. The molecule has 3 aromatic rings. The Morgan fingerprint density at radius 2 is 1.79 bits per heavy atom. The van der Waals surface area contributed by atoms with Crippen molar-refractivity contribution in [1.82, 2.24) is 5.32 Å². The number of rotatable bonds is 6. The Kier molecular flexibility index (Phi) is 5.95. The predicted octanol–water partition coefficient (Wildman–Crippen LogP) is 4.19. The highest BCUT2D eigenvalue weighted by atomic mass is 16.5. The Morgan fingerprint density at radius 3 is 2.69 bits per heavy atom. The number of ether oxygens (including phenoxy) is 2. The van der Waals surface area contributed by atoms with Crippen molar-refractivity contribution in [2.24, 2.45) is 10.7 Å². The number of benzene rings is 3. The monoisotopic (exact) mass is 387 g/mol. The first-order chi connectivity index (χ1) is 14.3. The van der Waals surface area contributed by atoms with Gasteiger partial charge in [0.2, 0.25) is 0 Å². The molecule has 1 heterocycles. The van der Waals surface area contributed by atoms with E-state index >= 15 is 0 Å². The maximum atomic E-state index is 6.16. The van der Waals surface area contributed by atoms with Gasteiger partial charge in [-0.1, -0.05) is 60.7 Å². The molecule has 0 aliphatic carbocycles. The highest BCUT2D eigenvalue weighted by Gasteiger charge is 2.21. The Balaban J connectivity index is 1.35. The van der Waals surface area contributed by atoms with Crippen LogP contribution in [0.4, 0.5) is 0 Å². The van der Waals surface area contributed by atoms with Crippen LogP contribution in [0.1, 0.15) is 29.2 Å². The lowest BCUT2D eigenvalue weighted by atomic mass is 10.0. The summed E-state index contributed by atoms with van der Waals surface area (Å²) in [7, 11) is 0. The smallest absolute Gasteiger partial charge is 0.189 e. The number of guanidine groups is 1. The first kappa shape index (κ1) is 18.9. The number of nitrogens with zero attached hydrogens (tertiary/aromatic N) is 1. The summed E-state index contributed by atoms with van der Waals surface area (Å²) in [4.78, 5) is 4.52. The molecule has 0 spiro atoms. The number of para-hydroxylation sites is 2. The largest absolute Gasteiger partial charge is 0.493 e. The van der Waals surface area contributed by atoms with Crippen molar-refractivity contribution in [2.45, 2.75) is 25.6 Å². The van der Waals surface area contributed by atoms with Crippen molar-refractivity contribution < 1.29 is 9.47 Å². The molecule has 0 aromatic heterocycles. The molecule has 0 saturated carbocycles. The summed E-state index contributed by atoms with van der Waals surface area (Å²) < 4.78 is 11.5. The van der Waals surface area contributed by atoms with Gasteiger partial charge in [0.05, 0.1) is 19.2 Å². The predicted molar refractivity (Wildman–Crippen MR) is 115 cm³/mol. The van der Waals surface area contributed by atoms with Crippen LogP contribution in [0, 0.1) is 0 Å². The summed E-state index contributed by atoms with van der Waals surface area (Å²) in [5.41, 5.74) is 9.47. The second-order valence-corrected chi connectivity index (χ2v) is 7.00. The minimum Gasteiger partial charge on any atom is -0.493 e. The van der Waals surface area contributed by atoms with E-state index in [1.165, 1.54) is 0 Å². The third-order valence-corrected chi connectivity index (χ3v) is 4.85. The quantitative estimate of drug-likeness (QED) is 0.491. The van der Waals surface area contributed by atoms with Crippen molar-refractivity contribution in [3.8, 4) is 11.5 Å². The van der Waals surface area contributed by atoms with Gasteiger partial charge in [0.25, 0.3) is 0 Å². The fraction of sp³-hybridized carbons (Fsp3) is 0.208. The molecule has 0 radical (unpaired) electrons. The number of hydrogen-bond acceptors (Lipinski definition) is 3. The molecule has 148 valence electrons. The van der Waals surface area contributed by atoms with E-state index in [-0.39, 0.29) is 6.04 Å². The fourth-order valence-electron chi connectivity index (χ4n) is 3.39. The summed E-state index contributed by atoms with van der Waals surface area (Å²) in [6.07, 6.45) is 0.861. The lowest BCUT2D eigenvalue weighted by Gasteiger charge is -2.26. The van der Waals surface area contributed by atoms with Gasteiger partial charge in [0, 0.05) is 12.0 Å². The number of aliphatic imine (C=N–C) groups is 1. The van der Waals surface area contributed by atoms with Crippen LogP contribution in [0.2, 0.25) is 0 Å². The van der Waals surface area contributed by atoms with E-state index in [1.807, 2.05) is 60.7 Å². The second kappa shape index (κ2) is 9.15. The maximum absolute atomic E-state index is 6.16. The van der Waals surface area contributed by atoms with Gasteiger partial charge < -0.3 is 20.5 Å². The van der Waals surface area contributed by atoms with Gasteiger partial charge in [-0.15, -0.1) is 0 Å². The fourth-order valence-corrected chi connectivity index (χ4v) is 3.39. The van der Waals surface area contributed by atoms with Gasteiger partial charge >= 0.3 is 0 Å². The first-order valence-corrected chi connectivity index (χ1v) is 9.82. The molecule has 5 heteroatoms. The van der Waals surface area contributed by atoms with Crippen LogP contribution in [0.15, 0.2) is 83.9 Å². The summed E-state index contributed by atoms with van der Waals surface area (Å²) in [5, 5.41) is 3.33. The van der Waals surface area contributed by atoms with E-state index in [9.17, 15) is 0 Å². The molecule has 1 aliphatic heterocycles. The lowest BCUT2D eigenvalue weighted by molar-refractivity contribution is 0.262. The highest BCUT2D eigenvalue weighted by Crippen LogP contribution is 2.31. The third kappa shape index (κ3) is 5.08. The van der Waals surface area contributed by atoms with Crippen molar-refractivity contribution in [1.29, 1.82) is 0 Å². The minimum absolute atomic E-state index is 0.120. The molecule has 4 rings (SSSR count). The Hall–Kier alpha value is -3.47. The van der Waals surface area contributed by atoms with Gasteiger partial charge in [-0.05, 0) is 29.3 Å². The van der Waals surface area contributed by atoms with Crippen molar-refractivity contribution >= 4 is 5.96 Å². The van der Waals surface area contributed by atoms with Gasteiger partial charge in [-0.25, -0.2) is 4.99 Å². The summed E-state index contributed by atoms with van der Waals surface area (Å²) >= 11 is 0. The van der Waals surface area contributed by atoms with Crippen molar-refractivity contribution in [3.05, 3.63) is 95.6 Å². The van der Waals surface area contributed by atoms with Gasteiger partial charge in [-0.2, -0.15) is 0 Å². The van der Waals surface area contributed by atoms with E-state index in [0.29, 0.717) is 25.7 Å². The van der Waals surface area contributed by atoms with Crippen LogP contribution in [0.3, 0.4) is 0 Å². The topological polar surface area (TPSA) is 68.9 Å². The summed E-state index contributed by atoms with van der Waals surface area (Å²) in [6.45, 7) is 1.71. The molecule has 3 aromatic carbocycles. The molecular weight excluding hydrogens is 362 g/mol. The molecule has 0 fully saturated rings. The molecule has 1 unspecified atom stereocenters. The Morgan fingerprint density at radius 1 is 1.00 bits per heavy atom. The van der Waals surface area contributed by atoms with Crippen LogP contribution in [0.5, 0.6) is 11.5 Å². The summed E-state index contributed by atoms with van der Waals surface area (Å²) in [6, 6.07) is 26.2. The molecular formula is C24H25N3O2. The number of hydrogen-bond donors (Lipinski definition) is 2. The van der Waals surface area contributed by atoms with E-state index in [4.69, 9.17) is 15.2 Å². The Bertz CT molecular complexity index is 973. The van der Waals surface area contributed by atoms with Crippen LogP contribution < -0.4 is 20.5 Å². The highest BCUT2D eigenvalue weighted by molar-refractivity contribution is 5.78. The van der Waals surface area contributed by atoms with Gasteiger partial charge in [0.1, 0.15) is 18.1 Å². The zero-order chi connectivity index (χ0) is 19.9. The normalized spacial score (nSPS) is 15.9. The Labute approximate surface area is 171 Å². The summed E-state index contributed by atoms with van der Waals surface area (Å²) in [5.74, 6) is 2.22. The van der Waals surface area contributed by atoms with E-state index < -0.39 is 0 Å². The standard InChI is InChI=1S/C24H25N3O2/c25-24(27-22-13-14-28-23-12-5-4-11-21(22)23)26-16-18-7-6-8-19(15-18)17-29-20-9-2-1-3-10-20/h1-12,15,22H,13-14,16-17H2,(H3,25,26,27).